The van der Waals surface area contributed by atoms with Gasteiger partial charge in [0.25, 0.3) is 0 Å². The topological polar surface area (TPSA) is 63.6 Å². The van der Waals surface area contributed by atoms with Crippen molar-refractivity contribution in [1.82, 2.24) is 19.6 Å². The van der Waals surface area contributed by atoms with Crippen molar-refractivity contribution < 1.29 is 13.2 Å². The molecule has 0 atom stereocenters. The number of nitrogens with one attached hydrogen (secondary N) is 1. The second kappa shape index (κ2) is 6.01. The van der Waals surface area contributed by atoms with Gasteiger partial charge in [0.15, 0.2) is 8.68 Å². The summed E-state index contributed by atoms with van der Waals surface area (Å²) in [6.07, 6.45) is -3.53. The number of halogens is 3. The number of alkyl halides is 3. The van der Waals surface area contributed by atoms with E-state index in [4.69, 9.17) is 0 Å². The van der Waals surface area contributed by atoms with Crippen LogP contribution >= 0.6 is 34.6 Å². The third kappa shape index (κ3) is 4.58. The first-order valence-corrected chi connectivity index (χ1v) is 7.51. The van der Waals surface area contributed by atoms with Crippen LogP contribution in [0.15, 0.2) is 8.68 Å². The highest BCUT2D eigenvalue weighted by atomic mass is 32.2. The molecule has 0 spiro atoms. The van der Waals surface area contributed by atoms with E-state index in [0.29, 0.717) is 8.68 Å². The van der Waals surface area contributed by atoms with E-state index in [1.807, 2.05) is 6.92 Å². The number of aryl methyl sites for hydroxylation is 1. The minimum atomic E-state index is -4.27. The average Bonchev–Trinajstić information content (AvgIpc) is 2.95. The van der Waals surface area contributed by atoms with Crippen LogP contribution in [0.1, 0.15) is 12.7 Å². The minimum absolute atomic E-state index is 0.139. The molecule has 2 rings (SSSR count). The molecule has 5 nitrogen and oxygen atoms in total. The van der Waals surface area contributed by atoms with E-state index in [9.17, 15) is 13.2 Å². The van der Waals surface area contributed by atoms with Crippen molar-refractivity contribution in [3.05, 3.63) is 5.82 Å². The van der Waals surface area contributed by atoms with Gasteiger partial charge in [-0.25, -0.2) is 4.98 Å². The molecule has 0 fully saturated rings. The van der Waals surface area contributed by atoms with E-state index in [-0.39, 0.29) is 5.13 Å². The Morgan fingerprint density at radius 3 is 2.68 bits per heavy atom. The van der Waals surface area contributed by atoms with E-state index < -0.39 is 12.7 Å². The molecule has 2 aromatic heterocycles. The van der Waals surface area contributed by atoms with Crippen molar-refractivity contribution in [2.45, 2.75) is 28.2 Å². The first-order valence-electron chi connectivity index (χ1n) is 5.11. The monoisotopic (exact) mass is 327 g/mol. The van der Waals surface area contributed by atoms with Crippen molar-refractivity contribution in [1.29, 1.82) is 0 Å². The molecule has 0 aliphatic heterocycles. The Labute approximate surface area is 118 Å². The Morgan fingerprint density at radius 1 is 1.26 bits per heavy atom. The average molecular weight is 327 g/mol. The first-order chi connectivity index (χ1) is 8.96. The smallest absolute Gasteiger partial charge is 0.351 e. The number of rotatable bonds is 5. The zero-order chi connectivity index (χ0) is 13.9. The Kier molecular flexibility index (Phi) is 4.58. The lowest BCUT2D eigenvalue weighted by atomic mass is 10.5. The molecule has 19 heavy (non-hydrogen) atoms. The van der Waals surface area contributed by atoms with Crippen molar-refractivity contribution in [2.75, 3.05) is 11.9 Å². The molecule has 0 bridgehead atoms. The standard InChI is InChI=1S/C8H8F3N5S3/c1-2-4-13-6(19-16-4)18-7-15-14-5(17-7)12-3-8(9,10)11/h2-3H2,1H3,(H,12,14). The summed E-state index contributed by atoms with van der Waals surface area (Å²) in [5.74, 6) is 0.743. The normalized spacial score (nSPS) is 11.8. The summed E-state index contributed by atoms with van der Waals surface area (Å²) in [7, 11) is 0. The van der Waals surface area contributed by atoms with Gasteiger partial charge in [-0.15, -0.1) is 10.2 Å². The molecule has 0 aromatic carbocycles. The van der Waals surface area contributed by atoms with Crippen LogP contribution in [0.25, 0.3) is 0 Å². The Balaban J connectivity index is 1.93. The van der Waals surface area contributed by atoms with Gasteiger partial charge in [0, 0.05) is 6.42 Å². The summed E-state index contributed by atoms with van der Waals surface area (Å²) >= 11 is 3.54. The van der Waals surface area contributed by atoms with Crippen molar-refractivity contribution in [3.63, 3.8) is 0 Å². The molecule has 0 amide bonds. The Hall–Kier alpha value is -0.940. The van der Waals surface area contributed by atoms with Gasteiger partial charge in [-0.2, -0.15) is 17.5 Å². The predicted molar refractivity (Wildman–Crippen MR) is 67.9 cm³/mol. The summed E-state index contributed by atoms with van der Waals surface area (Å²) in [6.45, 7) is 0.825. The summed E-state index contributed by atoms with van der Waals surface area (Å²) < 4.78 is 41.4. The quantitative estimate of drug-likeness (QED) is 0.910. The van der Waals surface area contributed by atoms with E-state index in [1.165, 1.54) is 23.3 Å². The van der Waals surface area contributed by atoms with Gasteiger partial charge in [-0.3, -0.25) is 0 Å². The second-order valence-electron chi connectivity index (χ2n) is 3.27. The highest BCUT2D eigenvalue weighted by Crippen LogP contribution is 2.33. The summed E-state index contributed by atoms with van der Waals surface area (Å²) in [4.78, 5) is 4.23. The van der Waals surface area contributed by atoms with Crippen LogP contribution in [0.2, 0.25) is 0 Å². The number of hydrogen-bond donors (Lipinski definition) is 1. The minimum Gasteiger partial charge on any atom is -0.351 e. The fraction of sp³-hybridized carbons (Fsp3) is 0.500. The van der Waals surface area contributed by atoms with Gasteiger partial charge in [0.1, 0.15) is 12.4 Å². The first kappa shape index (κ1) is 14.5. The molecule has 104 valence electrons. The van der Waals surface area contributed by atoms with Crippen LogP contribution in [0.5, 0.6) is 0 Å². The zero-order valence-corrected chi connectivity index (χ0v) is 12.0. The molecule has 0 saturated heterocycles. The largest absolute Gasteiger partial charge is 0.405 e. The van der Waals surface area contributed by atoms with Crippen molar-refractivity contribution >= 4 is 39.8 Å². The molecule has 0 aliphatic rings. The van der Waals surface area contributed by atoms with E-state index in [1.54, 1.807) is 0 Å². The Morgan fingerprint density at radius 2 is 2.05 bits per heavy atom. The highest BCUT2D eigenvalue weighted by molar-refractivity contribution is 8.02. The molecular weight excluding hydrogens is 319 g/mol. The third-order valence-electron chi connectivity index (χ3n) is 1.79. The molecule has 2 heterocycles. The van der Waals surface area contributed by atoms with Gasteiger partial charge in [-0.05, 0) is 23.3 Å². The van der Waals surface area contributed by atoms with Crippen molar-refractivity contribution in [2.24, 2.45) is 0 Å². The molecule has 0 radical (unpaired) electrons. The van der Waals surface area contributed by atoms with E-state index >= 15 is 0 Å². The molecule has 0 saturated carbocycles. The molecule has 2 aromatic rings. The fourth-order valence-electron chi connectivity index (χ4n) is 0.996. The highest BCUT2D eigenvalue weighted by Gasteiger charge is 2.27. The zero-order valence-electron chi connectivity index (χ0n) is 9.56. The maximum absolute atomic E-state index is 12.0. The predicted octanol–water partition coefficient (Wildman–Crippen LogP) is 3.08. The third-order valence-corrected chi connectivity index (χ3v) is 4.51. The molecule has 1 N–H and O–H groups in total. The summed E-state index contributed by atoms with van der Waals surface area (Å²) in [5, 5.41) is 9.74. The number of anilines is 1. The summed E-state index contributed by atoms with van der Waals surface area (Å²) in [5.41, 5.74) is 0. The molecule has 0 unspecified atom stereocenters. The van der Waals surface area contributed by atoms with E-state index in [0.717, 1.165) is 23.6 Å². The van der Waals surface area contributed by atoms with Gasteiger partial charge in [0.05, 0.1) is 0 Å². The van der Waals surface area contributed by atoms with Gasteiger partial charge >= 0.3 is 6.18 Å². The Bertz CT molecular complexity index is 538. The van der Waals surface area contributed by atoms with Crippen LogP contribution < -0.4 is 5.32 Å². The van der Waals surface area contributed by atoms with Gasteiger partial charge in [0.2, 0.25) is 5.13 Å². The van der Waals surface area contributed by atoms with Gasteiger partial charge < -0.3 is 5.32 Å². The number of hydrogen-bond acceptors (Lipinski definition) is 8. The SMILES string of the molecule is CCc1nsc(Sc2nnc(NCC(F)(F)F)s2)n1. The van der Waals surface area contributed by atoms with E-state index in [2.05, 4.69) is 24.9 Å². The van der Waals surface area contributed by atoms with Crippen LogP contribution in [0.4, 0.5) is 18.3 Å². The summed E-state index contributed by atoms with van der Waals surface area (Å²) in [6, 6.07) is 0. The fourth-order valence-corrected chi connectivity index (χ4v) is 3.65. The number of aromatic nitrogens is 4. The lowest BCUT2D eigenvalue weighted by molar-refractivity contribution is -0.115. The molecular formula is C8H8F3N5S3. The lowest BCUT2D eigenvalue weighted by Gasteiger charge is -2.05. The van der Waals surface area contributed by atoms with Crippen LogP contribution in [-0.4, -0.2) is 32.3 Å². The molecule has 11 heteroatoms. The van der Waals surface area contributed by atoms with Gasteiger partial charge in [-0.1, -0.05) is 18.3 Å². The number of nitrogens with zero attached hydrogens (tertiary/aromatic N) is 4. The lowest BCUT2D eigenvalue weighted by Crippen LogP contribution is -2.21. The molecule has 0 aliphatic carbocycles. The van der Waals surface area contributed by atoms with Crippen LogP contribution in [0, 0.1) is 0 Å². The van der Waals surface area contributed by atoms with Crippen LogP contribution in [0.3, 0.4) is 0 Å². The van der Waals surface area contributed by atoms with Crippen LogP contribution in [-0.2, 0) is 6.42 Å². The second-order valence-corrected chi connectivity index (χ2v) is 6.50. The maximum atomic E-state index is 12.0. The maximum Gasteiger partial charge on any atom is 0.405 e. The van der Waals surface area contributed by atoms with Crippen molar-refractivity contribution in [3.8, 4) is 0 Å².